The summed E-state index contributed by atoms with van der Waals surface area (Å²) in [6.07, 6.45) is 0. The van der Waals surface area contributed by atoms with Gasteiger partial charge in [-0.25, -0.2) is 9.38 Å². The molecular formula is C9H8FNS. The normalized spacial score (nSPS) is 20.5. The molecule has 1 nitrogen and oxygen atoms in total. The van der Waals surface area contributed by atoms with Crippen LogP contribution in [-0.4, -0.2) is 10.9 Å². The molecule has 0 aromatic heterocycles. The summed E-state index contributed by atoms with van der Waals surface area (Å²) in [7, 11) is -0.167. The number of rotatable bonds is 0. The molecule has 3 heteroatoms. The van der Waals surface area contributed by atoms with Crippen LogP contribution in [0.15, 0.2) is 28.1 Å². The van der Waals surface area contributed by atoms with E-state index in [0.29, 0.717) is 0 Å². The van der Waals surface area contributed by atoms with Gasteiger partial charge in [0, 0.05) is 11.0 Å². The molecular weight excluding hydrogens is 173 g/mol. The van der Waals surface area contributed by atoms with Crippen LogP contribution in [-0.2, 0) is 0 Å². The first kappa shape index (κ1) is 7.68. The molecule has 0 aliphatic carbocycles. The van der Waals surface area contributed by atoms with Gasteiger partial charge in [0.15, 0.2) is 0 Å². The number of hydrogen-bond acceptors (Lipinski definition) is 1. The van der Waals surface area contributed by atoms with Gasteiger partial charge in [-0.1, -0.05) is 5.87 Å². The Labute approximate surface area is 72.9 Å². The van der Waals surface area contributed by atoms with Gasteiger partial charge in [0.25, 0.3) is 0 Å². The Hall–Kier alpha value is -0.960. The minimum Gasteiger partial charge on any atom is -0.246 e. The van der Waals surface area contributed by atoms with Crippen LogP contribution in [0.4, 0.5) is 10.1 Å². The fourth-order valence-corrected chi connectivity index (χ4v) is 2.29. The summed E-state index contributed by atoms with van der Waals surface area (Å²) >= 11 is 0. The third kappa shape index (κ3) is 1.01. The van der Waals surface area contributed by atoms with E-state index in [0.717, 1.165) is 15.6 Å². The van der Waals surface area contributed by atoms with E-state index in [9.17, 15) is 4.39 Å². The highest BCUT2D eigenvalue weighted by molar-refractivity contribution is 8.27. The molecule has 0 bridgehead atoms. The van der Waals surface area contributed by atoms with E-state index in [-0.39, 0.29) is 16.3 Å². The predicted molar refractivity (Wildman–Crippen MR) is 52.1 cm³/mol. The maximum atomic E-state index is 12.7. The molecule has 0 N–H and O–H groups in total. The molecule has 0 saturated carbocycles. The molecule has 1 heterocycles. The van der Waals surface area contributed by atoms with E-state index in [1.54, 1.807) is 6.07 Å². The Balaban J connectivity index is 2.65. The largest absolute Gasteiger partial charge is 0.246 e. The fraction of sp³-hybridized carbons (Fsp3) is 0.111. The Bertz CT molecular complexity index is 396. The van der Waals surface area contributed by atoms with Gasteiger partial charge in [-0.15, -0.1) is 10.5 Å². The van der Waals surface area contributed by atoms with Crippen molar-refractivity contribution in [3.05, 3.63) is 24.0 Å². The van der Waals surface area contributed by atoms with Gasteiger partial charge < -0.3 is 0 Å². The van der Waals surface area contributed by atoms with Crippen molar-refractivity contribution in [2.45, 2.75) is 11.8 Å². The van der Waals surface area contributed by atoms with Crippen LogP contribution in [0.2, 0.25) is 0 Å². The zero-order chi connectivity index (χ0) is 8.72. The zero-order valence-corrected chi connectivity index (χ0v) is 7.49. The van der Waals surface area contributed by atoms with Crippen LogP contribution >= 0.6 is 10.5 Å². The van der Waals surface area contributed by atoms with Crippen molar-refractivity contribution in [2.75, 3.05) is 0 Å². The first-order chi connectivity index (χ1) is 5.68. The van der Waals surface area contributed by atoms with Crippen LogP contribution in [0.3, 0.4) is 0 Å². The predicted octanol–water partition coefficient (Wildman–Crippen LogP) is 2.95. The van der Waals surface area contributed by atoms with Crippen molar-refractivity contribution >= 4 is 27.1 Å². The van der Waals surface area contributed by atoms with Crippen molar-refractivity contribution in [3.63, 3.8) is 0 Å². The van der Waals surface area contributed by atoms with Gasteiger partial charge in [0.05, 0.1) is 10.7 Å². The minimum atomic E-state index is -0.232. The molecule has 1 aromatic rings. The van der Waals surface area contributed by atoms with Gasteiger partial charge in [-0.2, -0.15) is 0 Å². The van der Waals surface area contributed by atoms with Gasteiger partial charge >= 0.3 is 0 Å². The molecule has 1 atom stereocenters. The Morgan fingerprint density at radius 3 is 3.00 bits per heavy atom. The number of hydrogen-bond donors (Lipinski definition) is 0. The molecule has 0 saturated heterocycles. The molecule has 1 aromatic carbocycles. The average molecular weight is 181 g/mol. The second-order valence-corrected chi connectivity index (χ2v) is 4.45. The molecule has 0 fully saturated rings. The lowest BCUT2D eigenvalue weighted by Gasteiger charge is -1.98. The van der Waals surface area contributed by atoms with E-state index < -0.39 is 0 Å². The van der Waals surface area contributed by atoms with Crippen molar-refractivity contribution in [3.8, 4) is 0 Å². The van der Waals surface area contributed by atoms with Crippen LogP contribution in [0, 0.1) is 5.82 Å². The van der Waals surface area contributed by atoms with E-state index in [2.05, 4.69) is 10.9 Å². The average Bonchev–Trinajstić information content (AvgIpc) is 2.28. The van der Waals surface area contributed by atoms with Crippen molar-refractivity contribution in [1.29, 1.82) is 0 Å². The number of benzene rings is 1. The van der Waals surface area contributed by atoms with E-state index >= 15 is 0 Å². The molecule has 0 amide bonds. The highest BCUT2D eigenvalue weighted by Crippen LogP contribution is 2.41. The summed E-state index contributed by atoms with van der Waals surface area (Å²) in [4.78, 5) is 5.27. The maximum absolute atomic E-state index is 12.7. The lowest BCUT2D eigenvalue weighted by Crippen LogP contribution is -1.78. The highest BCUT2D eigenvalue weighted by Gasteiger charge is 2.14. The summed E-state index contributed by atoms with van der Waals surface area (Å²) in [6, 6.07) is 4.68. The Morgan fingerprint density at radius 1 is 1.50 bits per heavy atom. The molecule has 62 valence electrons. The van der Waals surface area contributed by atoms with Crippen molar-refractivity contribution < 1.29 is 4.39 Å². The SMILES string of the molecule is C=S1C(C)=Nc2cc(F)ccc21. The second kappa shape index (κ2) is 2.52. The van der Waals surface area contributed by atoms with Crippen molar-refractivity contribution in [1.82, 2.24) is 0 Å². The second-order valence-electron chi connectivity index (χ2n) is 2.63. The Kier molecular flexibility index (Phi) is 1.61. The van der Waals surface area contributed by atoms with Crippen molar-refractivity contribution in [2.24, 2.45) is 4.99 Å². The molecule has 12 heavy (non-hydrogen) atoms. The van der Waals surface area contributed by atoms with E-state index in [1.165, 1.54) is 12.1 Å². The topological polar surface area (TPSA) is 12.4 Å². The zero-order valence-electron chi connectivity index (χ0n) is 6.67. The number of fused-ring (bicyclic) bond motifs is 1. The minimum absolute atomic E-state index is 0.167. The molecule has 0 spiro atoms. The third-order valence-electron chi connectivity index (χ3n) is 1.82. The standard InChI is InChI=1S/C9H8FNS/c1-6-11-8-5-7(10)3-4-9(8)12(6)2/h3-5H,2H2,1H3. The fourth-order valence-electron chi connectivity index (χ4n) is 1.17. The summed E-state index contributed by atoms with van der Waals surface area (Å²) in [5, 5.41) is 0.982. The monoisotopic (exact) mass is 181 g/mol. The smallest absolute Gasteiger partial charge is 0.125 e. The van der Waals surface area contributed by atoms with Crippen LogP contribution in [0.25, 0.3) is 0 Å². The summed E-state index contributed by atoms with van der Waals surface area (Å²) in [5.41, 5.74) is 0.742. The van der Waals surface area contributed by atoms with E-state index in [4.69, 9.17) is 0 Å². The first-order valence-electron chi connectivity index (χ1n) is 3.57. The van der Waals surface area contributed by atoms with Gasteiger partial charge in [-0.05, 0) is 19.1 Å². The van der Waals surface area contributed by atoms with E-state index in [1.807, 2.05) is 6.92 Å². The van der Waals surface area contributed by atoms with Crippen LogP contribution in [0.5, 0.6) is 0 Å². The van der Waals surface area contributed by atoms with Crippen LogP contribution < -0.4 is 0 Å². The summed E-state index contributed by atoms with van der Waals surface area (Å²) in [5.74, 6) is 3.73. The Morgan fingerprint density at radius 2 is 2.25 bits per heavy atom. The highest BCUT2D eigenvalue weighted by atomic mass is 32.2. The van der Waals surface area contributed by atoms with Crippen LogP contribution in [0.1, 0.15) is 6.92 Å². The molecule has 1 aliphatic rings. The number of aliphatic imine (C=N–C) groups is 1. The number of nitrogens with zero attached hydrogens (tertiary/aromatic N) is 1. The molecule has 1 unspecified atom stereocenters. The lowest BCUT2D eigenvalue weighted by molar-refractivity contribution is 0.627. The number of halogens is 1. The molecule has 2 rings (SSSR count). The quantitative estimate of drug-likeness (QED) is 0.546. The lowest BCUT2D eigenvalue weighted by atomic mass is 10.3. The van der Waals surface area contributed by atoms with Gasteiger partial charge in [0.1, 0.15) is 5.82 Å². The van der Waals surface area contributed by atoms with Gasteiger partial charge in [0.2, 0.25) is 0 Å². The molecule has 1 aliphatic heterocycles. The summed E-state index contributed by atoms with van der Waals surface area (Å²) < 4.78 is 12.7. The van der Waals surface area contributed by atoms with Gasteiger partial charge in [-0.3, -0.25) is 0 Å². The summed E-state index contributed by atoms with van der Waals surface area (Å²) in [6.45, 7) is 1.92. The third-order valence-corrected chi connectivity index (χ3v) is 3.50. The molecule has 0 radical (unpaired) electrons. The first-order valence-corrected chi connectivity index (χ1v) is 4.96. The maximum Gasteiger partial charge on any atom is 0.125 e.